The van der Waals surface area contributed by atoms with Crippen LogP contribution in [0, 0.1) is 0 Å². The Kier molecular flexibility index (Phi) is 3.75. The standard InChI is InChI=1S/C16H20N4O/c1-11(20-8-2-3-9-20)12-4-6-13(7-5-12)14-10-15(21)19-16(17)18-14/h4-7,10-11H,2-3,8-9H2,1H3,(H3,17,18,19,21)/t11-/m0/s1. The Morgan fingerprint density at radius 3 is 2.52 bits per heavy atom. The minimum atomic E-state index is -0.230. The summed E-state index contributed by atoms with van der Waals surface area (Å²) in [5.74, 6) is 0.145. The number of nitrogens with zero attached hydrogens (tertiary/aromatic N) is 2. The molecule has 0 amide bonds. The lowest BCUT2D eigenvalue weighted by atomic mass is 10.0. The molecular weight excluding hydrogens is 264 g/mol. The van der Waals surface area contributed by atoms with E-state index < -0.39 is 0 Å². The number of anilines is 1. The summed E-state index contributed by atoms with van der Waals surface area (Å²) in [6.07, 6.45) is 2.58. The van der Waals surface area contributed by atoms with Crippen LogP contribution in [0.1, 0.15) is 31.4 Å². The molecule has 0 unspecified atom stereocenters. The minimum absolute atomic E-state index is 0.145. The topological polar surface area (TPSA) is 75.0 Å². The molecule has 5 nitrogen and oxygen atoms in total. The predicted octanol–water partition coefficient (Wildman–Crippen LogP) is 2.18. The molecule has 1 fully saturated rings. The van der Waals surface area contributed by atoms with E-state index in [1.54, 1.807) is 0 Å². The first-order valence-electron chi connectivity index (χ1n) is 7.35. The zero-order chi connectivity index (χ0) is 14.8. The lowest BCUT2D eigenvalue weighted by molar-refractivity contribution is 0.263. The second-order valence-corrected chi connectivity index (χ2v) is 5.56. The van der Waals surface area contributed by atoms with E-state index in [9.17, 15) is 4.79 Å². The predicted molar refractivity (Wildman–Crippen MR) is 83.9 cm³/mol. The maximum absolute atomic E-state index is 11.5. The molecule has 0 bridgehead atoms. The van der Waals surface area contributed by atoms with E-state index in [1.807, 2.05) is 12.1 Å². The van der Waals surface area contributed by atoms with Gasteiger partial charge in [0, 0.05) is 17.7 Å². The average molecular weight is 284 g/mol. The third-order valence-corrected chi connectivity index (χ3v) is 4.14. The smallest absolute Gasteiger partial charge is 0.252 e. The number of H-pyrrole nitrogens is 1. The molecule has 1 aromatic carbocycles. The van der Waals surface area contributed by atoms with Crippen molar-refractivity contribution in [2.45, 2.75) is 25.8 Å². The van der Waals surface area contributed by atoms with Gasteiger partial charge in [-0.15, -0.1) is 0 Å². The number of aromatic amines is 1. The summed E-state index contributed by atoms with van der Waals surface area (Å²) in [5.41, 5.74) is 8.16. The summed E-state index contributed by atoms with van der Waals surface area (Å²) in [7, 11) is 0. The van der Waals surface area contributed by atoms with E-state index in [2.05, 4.69) is 33.9 Å². The molecule has 21 heavy (non-hydrogen) atoms. The maximum atomic E-state index is 11.5. The minimum Gasteiger partial charge on any atom is -0.369 e. The van der Waals surface area contributed by atoms with Crippen LogP contribution in [-0.2, 0) is 0 Å². The Morgan fingerprint density at radius 2 is 1.90 bits per heavy atom. The number of nitrogens with one attached hydrogen (secondary N) is 1. The third-order valence-electron chi connectivity index (χ3n) is 4.14. The zero-order valence-corrected chi connectivity index (χ0v) is 12.2. The average Bonchev–Trinajstić information content (AvgIpc) is 3.00. The van der Waals surface area contributed by atoms with Gasteiger partial charge >= 0.3 is 0 Å². The molecule has 2 aromatic rings. The van der Waals surface area contributed by atoms with Crippen LogP contribution in [0.2, 0.25) is 0 Å². The molecule has 3 rings (SSSR count). The van der Waals surface area contributed by atoms with Crippen LogP contribution >= 0.6 is 0 Å². The number of hydrogen-bond donors (Lipinski definition) is 2. The fourth-order valence-electron chi connectivity index (χ4n) is 2.90. The molecule has 110 valence electrons. The van der Waals surface area contributed by atoms with Crippen LogP contribution in [0.25, 0.3) is 11.3 Å². The van der Waals surface area contributed by atoms with Gasteiger partial charge in [0.25, 0.3) is 5.56 Å². The fourth-order valence-corrected chi connectivity index (χ4v) is 2.90. The van der Waals surface area contributed by atoms with Crippen LogP contribution in [0.5, 0.6) is 0 Å². The highest BCUT2D eigenvalue weighted by Crippen LogP contribution is 2.26. The molecule has 2 heterocycles. The van der Waals surface area contributed by atoms with Gasteiger partial charge in [-0.3, -0.25) is 14.7 Å². The van der Waals surface area contributed by atoms with Gasteiger partial charge in [0.1, 0.15) is 0 Å². The molecule has 0 radical (unpaired) electrons. The van der Waals surface area contributed by atoms with Gasteiger partial charge in [0.15, 0.2) is 0 Å². The summed E-state index contributed by atoms with van der Waals surface area (Å²) in [6.45, 7) is 4.59. The van der Waals surface area contributed by atoms with Crippen LogP contribution in [-0.4, -0.2) is 28.0 Å². The van der Waals surface area contributed by atoms with Crippen molar-refractivity contribution in [1.82, 2.24) is 14.9 Å². The van der Waals surface area contributed by atoms with Crippen molar-refractivity contribution in [2.24, 2.45) is 0 Å². The molecule has 0 spiro atoms. The van der Waals surface area contributed by atoms with Gasteiger partial charge in [-0.25, -0.2) is 4.98 Å². The Balaban J connectivity index is 1.84. The summed E-state index contributed by atoms with van der Waals surface area (Å²) in [5, 5.41) is 0. The molecule has 1 aliphatic heterocycles. The Hall–Kier alpha value is -2.14. The van der Waals surface area contributed by atoms with E-state index in [0.717, 1.165) is 5.56 Å². The van der Waals surface area contributed by atoms with E-state index >= 15 is 0 Å². The van der Waals surface area contributed by atoms with Crippen LogP contribution < -0.4 is 11.3 Å². The molecule has 1 saturated heterocycles. The summed E-state index contributed by atoms with van der Waals surface area (Å²) >= 11 is 0. The van der Waals surface area contributed by atoms with Crippen molar-refractivity contribution in [3.63, 3.8) is 0 Å². The van der Waals surface area contributed by atoms with Gasteiger partial charge in [-0.05, 0) is 38.4 Å². The van der Waals surface area contributed by atoms with Gasteiger partial charge in [-0.1, -0.05) is 24.3 Å². The first-order valence-corrected chi connectivity index (χ1v) is 7.35. The van der Waals surface area contributed by atoms with Gasteiger partial charge < -0.3 is 5.73 Å². The van der Waals surface area contributed by atoms with Crippen molar-refractivity contribution in [2.75, 3.05) is 18.8 Å². The molecule has 3 N–H and O–H groups in total. The van der Waals surface area contributed by atoms with Crippen molar-refractivity contribution >= 4 is 5.95 Å². The third kappa shape index (κ3) is 2.97. The molecular formula is C16H20N4O. The second-order valence-electron chi connectivity index (χ2n) is 5.56. The number of rotatable bonds is 3. The highest BCUT2D eigenvalue weighted by molar-refractivity contribution is 5.60. The van der Waals surface area contributed by atoms with Gasteiger partial charge in [-0.2, -0.15) is 0 Å². The normalized spacial score (nSPS) is 17.0. The molecule has 0 saturated carbocycles. The zero-order valence-electron chi connectivity index (χ0n) is 12.2. The lowest BCUT2D eigenvalue weighted by Gasteiger charge is -2.24. The Morgan fingerprint density at radius 1 is 1.24 bits per heavy atom. The summed E-state index contributed by atoms with van der Waals surface area (Å²) in [6, 6.07) is 10.1. The van der Waals surface area contributed by atoms with Crippen molar-refractivity contribution in [3.05, 3.63) is 46.2 Å². The molecule has 1 aliphatic rings. The van der Waals surface area contributed by atoms with Crippen LogP contribution in [0.3, 0.4) is 0 Å². The van der Waals surface area contributed by atoms with E-state index in [0.29, 0.717) is 11.7 Å². The first-order chi connectivity index (χ1) is 10.1. The lowest BCUT2D eigenvalue weighted by Crippen LogP contribution is -2.23. The monoisotopic (exact) mass is 284 g/mol. The molecule has 1 aromatic heterocycles. The maximum Gasteiger partial charge on any atom is 0.252 e. The number of likely N-dealkylation sites (tertiary alicyclic amines) is 1. The van der Waals surface area contributed by atoms with Crippen LogP contribution in [0.4, 0.5) is 5.95 Å². The Labute approximate surface area is 123 Å². The number of aromatic nitrogens is 2. The quantitative estimate of drug-likeness (QED) is 0.906. The number of nitrogen functional groups attached to an aromatic ring is 1. The number of benzene rings is 1. The van der Waals surface area contributed by atoms with E-state index in [1.165, 1.54) is 37.6 Å². The van der Waals surface area contributed by atoms with Gasteiger partial charge in [0.05, 0.1) is 5.69 Å². The summed E-state index contributed by atoms with van der Waals surface area (Å²) in [4.78, 5) is 20.6. The first kappa shape index (κ1) is 13.8. The Bertz CT molecular complexity index is 671. The fraction of sp³-hybridized carbons (Fsp3) is 0.375. The summed E-state index contributed by atoms with van der Waals surface area (Å²) < 4.78 is 0. The highest BCUT2D eigenvalue weighted by atomic mass is 16.1. The van der Waals surface area contributed by atoms with E-state index in [-0.39, 0.29) is 11.5 Å². The number of hydrogen-bond acceptors (Lipinski definition) is 4. The molecule has 5 heteroatoms. The van der Waals surface area contributed by atoms with E-state index in [4.69, 9.17) is 5.73 Å². The molecule has 0 aliphatic carbocycles. The highest BCUT2D eigenvalue weighted by Gasteiger charge is 2.19. The number of nitrogens with two attached hydrogens (primary N) is 1. The molecule has 1 atom stereocenters. The SMILES string of the molecule is C[C@@H](c1ccc(-c2cc(=O)[nH]c(N)n2)cc1)N1CCCC1. The van der Waals surface area contributed by atoms with Crippen molar-refractivity contribution < 1.29 is 0 Å². The van der Waals surface area contributed by atoms with Gasteiger partial charge in [0.2, 0.25) is 5.95 Å². The van der Waals surface area contributed by atoms with Crippen molar-refractivity contribution in [1.29, 1.82) is 0 Å². The second kappa shape index (κ2) is 5.69. The van der Waals surface area contributed by atoms with Crippen LogP contribution in [0.15, 0.2) is 35.1 Å². The van der Waals surface area contributed by atoms with Crippen molar-refractivity contribution in [3.8, 4) is 11.3 Å². The largest absolute Gasteiger partial charge is 0.369 e.